The Morgan fingerprint density at radius 1 is 1.21 bits per heavy atom. The van der Waals surface area contributed by atoms with E-state index in [2.05, 4.69) is 42.8 Å². The number of thiophene rings is 1. The predicted molar refractivity (Wildman–Crippen MR) is 121 cm³/mol. The molecule has 4 nitrogen and oxygen atoms in total. The maximum Gasteiger partial charge on any atom is 0.355 e. The molecule has 0 unspecified atom stereocenters. The molecule has 6 heteroatoms. The summed E-state index contributed by atoms with van der Waals surface area (Å²) >= 11 is 3.44. The van der Waals surface area contributed by atoms with Crippen LogP contribution < -0.4 is 0 Å². The number of carbonyl (C=O) groups is 1. The van der Waals surface area contributed by atoms with Crippen molar-refractivity contribution in [3.63, 3.8) is 0 Å². The van der Waals surface area contributed by atoms with Crippen LogP contribution in [0.3, 0.4) is 0 Å². The second-order valence-electron chi connectivity index (χ2n) is 6.58. The van der Waals surface area contributed by atoms with Crippen molar-refractivity contribution in [2.75, 3.05) is 12.9 Å². The number of nitrogens with zero attached hydrogens (tertiary/aromatic N) is 2. The summed E-state index contributed by atoms with van der Waals surface area (Å²) in [6, 6.07) is 12.6. The lowest BCUT2D eigenvalue weighted by Gasteiger charge is -2.09. The maximum absolute atomic E-state index is 12.7. The van der Waals surface area contributed by atoms with E-state index >= 15 is 0 Å². The van der Waals surface area contributed by atoms with Crippen LogP contribution in [0.4, 0.5) is 0 Å². The van der Waals surface area contributed by atoms with Crippen molar-refractivity contribution in [3.05, 3.63) is 52.7 Å². The van der Waals surface area contributed by atoms with E-state index in [0.717, 1.165) is 29.7 Å². The van der Waals surface area contributed by atoms with Crippen LogP contribution in [0.1, 0.15) is 42.0 Å². The van der Waals surface area contributed by atoms with Crippen LogP contribution in [-0.2, 0) is 18.2 Å². The topological polar surface area (TPSA) is 55.0 Å². The van der Waals surface area contributed by atoms with Gasteiger partial charge < -0.3 is 9.30 Å². The summed E-state index contributed by atoms with van der Waals surface area (Å²) in [5.41, 5.74) is 4.54. The summed E-state index contributed by atoms with van der Waals surface area (Å²) in [5, 5.41) is 12.0. The van der Waals surface area contributed by atoms with Crippen LogP contribution in [0.2, 0.25) is 0 Å². The molecule has 2 aromatic heterocycles. The first-order valence-electron chi connectivity index (χ1n) is 9.58. The summed E-state index contributed by atoms with van der Waals surface area (Å²) in [6.07, 6.45) is 3.70. The van der Waals surface area contributed by atoms with Gasteiger partial charge in [0.05, 0.1) is 12.2 Å². The molecule has 0 aliphatic rings. The van der Waals surface area contributed by atoms with E-state index in [4.69, 9.17) is 4.74 Å². The van der Waals surface area contributed by atoms with Gasteiger partial charge in [0, 0.05) is 28.1 Å². The van der Waals surface area contributed by atoms with Crippen molar-refractivity contribution >= 4 is 29.1 Å². The van der Waals surface area contributed by atoms with E-state index in [0.29, 0.717) is 23.4 Å². The first-order chi connectivity index (χ1) is 14.1. The molecule has 0 aliphatic heterocycles. The Bertz CT molecular complexity index is 1060. The van der Waals surface area contributed by atoms with E-state index < -0.39 is 5.97 Å². The highest BCUT2D eigenvalue weighted by Crippen LogP contribution is 2.38. The third-order valence-electron chi connectivity index (χ3n) is 4.87. The molecule has 1 aromatic carbocycles. The highest BCUT2D eigenvalue weighted by molar-refractivity contribution is 7.98. The van der Waals surface area contributed by atoms with E-state index in [1.807, 2.05) is 23.7 Å². The van der Waals surface area contributed by atoms with E-state index in [9.17, 15) is 10.1 Å². The van der Waals surface area contributed by atoms with Gasteiger partial charge >= 0.3 is 5.97 Å². The van der Waals surface area contributed by atoms with Gasteiger partial charge in [-0.2, -0.15) is 5.26 Å². The summed E-state index contributed by atoms with van der Waals surface area (Å²) in [5.74, 6) is -0.393. The molecule has 0 bridgehead atoms. The third kappa shape index (κ3) is 3.98. The predicted octanol–water partition coefficient (Wildman–Crippen LogP) is 6.14. The summed E-state index contributed by atoms with van der Waals surface area (Å²) in [4.78, 5) is 15.2. The number of benzene rings is 1. The fourth-order valence-corrected chi connectivity index (χ4v) is 5.34. The minimum absolute atomic E-state index is 0.295. The fraction of sp³-hybridized carbons (Fsp3) is 0.304. The zero-order valence-corrected chi connectivity index (χ0v) is 18.7. The van der Waals surface area contributed by atoms with Gasteiger partial charge in [0.15, 0.2) is 0 Å². The molecular formula is C23H24N2O2S2. The Labute approximate surface area is 180 Å². The number of aromatic nitrogens is 1. The average Bonchev–Trinajstić information content (AvgIpc) is 3.31. The molecule has 3 rings (SSSR count). The fourth-order valence-electron chi connectivity index (χ4n) is 3.56. The standard InChI is InChI=1S/C23H24N2O2S2/c1-5-7-18-17(14-24)20(21(25(18)3)23(26)27-6-2)15-8-10-16(11-9-15)22-19(28-4)12-13-29-22/h8-13H,5-7H2,1-4H3. The van der Waals surface area contributed by atoms with Gasteiger partial charge in [0.2, 0.25) is 0 Å². The highest BCUT2D eigenvalue weighted by atomic mass is 32.2. The third-order valence-corrected chi connectivity index (χ3v) is 6.74. The average molecular weight is 425 g/mol. The minimum Gasteiger partial charge on any atom is -0.461 e. The molecule has 29 heavy (non-hydrogen) atoms. The molecule has 3 aromatic rings. The molecule has 0 saturated heterocycles. The van der Waals surface area contributed by atoms with E-state index in [1.165, 1.54) is 9.77 Å². The zero-order chi connectivity index (χ0) is 21.0. The molecule has 150 valence electrons. The van der Waals surface area contributed by atoms with Crippen molar-refractivity contribution < 1.29 is 9.53 Å². The van der Waals surface area contributed by atoms with Crippen LogP contribution in [0.25, 0.3) is 21.6 Å². The zero-order valence-electron chi connectivity index (χ0n) is 17.1. The number of ether oxygens (including phenoxy) is 1. The smallest absolute Gasteiger partial charge is 0.355 e. The van der Waals surface area contributed by atoms with Crippen LogP contribution in [0, 0.1) is 11.3 Å². The lowest BCUT2D eigenvalue weighted by Crippen LogP contribution is -2.12. The van der Waals surface area contributed by atoms with Gasteiger partial charge in [-0.05, 0) is 42.2 Å². The van der Waals surface area contributed by atoms with Crippen molar-refractivity contribution in [2.45, 2.75) is 31.6 Å². The van der Waals surface area contributed by atoms with Gasteiger partial charge in [-0.25, -0.2) is 4.79 Å². The minimum atomic E-state index is -0.393. The Morgan fingerprint density at radius 2 is 1.90 bits per heavy atom. The molecule has 0 aliphatic carbocycles. The Balaban J connectivity index is 2.15. The molecular weight excluding hydrogens is 400 g/mol. The number of rotatable bonds is 7. The van der Waals surface area contributed by atoms with Gasteiger partial charge in [-0.3, -0.25) is 0 Å². The lowest BCUT2D eigenvalue weighted by atomic mass is 9.98. The van der Waals surface area contributed by atoms with Gasteiger partial charge in [-0.15, -0.1) is 23.1 Å². The first kappa shape index (κ1) is 21.2. The van der Waals surface area contributed by atoms with Crippen molar-refractivity contribution in [1.29, 1.82) is 5.26 Å². The maximum atomic E-state index is 12.7. The molecule has 0 fully saturated rings. The highest BCUT2D eigenvalue weighted by Gasteiger charge is 2.27. The second kappa shape index (κ2) is 9.34. The Hall–Kier alpha value is -2.49. The summed E-state index contributed by atoms with van der Waals surface area (Å²) in [7, 11) is 1.84. The molecule has 2 heterocycles. The first-order valence-corrected chi connectivity index (χ1v) is 11.7. The summed E-state index contributed by atoms with van der Waals surface area (Å²) < 4.78 is 7.13. The number of hydrogen-bond donors (Lipinski definition) is 0. The number of carbonyl (C=O) groups excluding carboxylic acids is 1. The number of hydrogen-bond acceptors (Lipinski definition) is 5. The second-order valence-corrected chi connectivity index (χ2v) is 8.35. The SMILES string of the molecule is CCCc1c(C#N)c(-c2ccc(-c3sccc3SC)cc2)c(C(=O)OCC)n1C. The molecule has 0 saturated carbocycles. The van der Waals surface area contributed by atoms with Gasteiger partial charge in [0.1, 0.15) is 11.8 Å². The Morgan fingerprint density at radius 3 is 2.48 bits per heavy atom. The summed E-state index contributed by atoms with van der Waals surface area (Å²) in [6.45, 7) is 4.15. The van der Waals surface area contributed by atoms with Crippen LogP contribution >= 0.6 is 23.1 Å². The quantitative estimate of drug-likeness (QED) is 0.337. The molecule has 0 N–H and O–H groups in total. The van der Waals surface area contributed by atoms with Crippen LogP contribution in [-0.4, -0.2) is 23.4 Å². The lowest BCUT2D eigenvalue weighted by molar-refractivity contribution is 0.0516. The van der Waals surface area contributed by atoms with Crippen molar-refractivity contribution in [2.24, 2.45) is 7.05 Å². The normalized spacial score (nSPS) is 10.7. The molecule has 0 radical (unpaired) electrons. The van der Waals surface area contributed by atoms with Crippen LogP contribution in [0.15, 0.2) is 40.6 Å². The molecule has 0 spiro atoms. The largest absolute Gasteiger partial charge is 0.461 e. The number of nitriles is 1. The van der Waals surface area contributed by atoms with Gasteiger partial charge in [0.25, 0.3) is 0 Å². The monoisotopic (exact) mass is 424 g/mol. The molecule has 0 amide bonds. The molecule has 0 atom stereocenters. The van der Waals surface area contributed by atoms with Crippen molar-refractivity contribution in [3.8, 4) is 27.6 Å². The van der Waals surface area contributed by atoms with Crippen molar-refractivity contribution in [1.82, 2.24) is 4.57 Å². The van der Waals surface area contributed by atoms with Gasteiger partial charge in [-0.1, -0.05) is 37.6 Å². The number of esters is 1. The number of thioether (sulfide) groups is 1. The van der Waals surface area contributed by atoms with E-state index in [1.54, 1.807) is 30.0 Å². The Kier molecular flexibility index (Phi) is 6.83. The van der Waals surface area contributed by atoms with E-state index in [-0.39, 0.29) is 0 Å². The van der Waals surface area contributed by atoms with Crippen LogP contribution in [0.5, 0.6) is 0 Å².